The third kappa shape index (κ3) is 4.35. The zero-order valence-corrected chi connectivity index (χ0v) is 16.7. The van der Waals surface area contributed by atoms with Gasteiger partial charge in [0, 0.05) is 43.9 Å². The Morgan fingerprint density at radius 3 is 2.43 bits per heavy atom. The predicted octanol–water partition coefficient (Wildman–Crippen LogP) is 2.98. The van der Waals surface area contributed by atoms with E-state index in [1.54, 1.807) is 12.1 Å². The highest BCUT2D eigenvalue weighted by atomic mass is 35.5. The van der Waals surface area contributed by atoms with Crippen molar-refractivity contribution in [3.8, 4) is 0 Å². The van der Waals surface area contributed by atoms with Gasteiger partial charge in [0.05, 0.1) is 24.1 Å². The van der Waals surface area contributed by atoms with Crippen LogP contribution in [0.3, 0.4) is 0 Å². The second-order valence-electron chi connectivity index (χ2n) is 7.18. The van der Waals surface area contributed by atoms with Gasteiger partial charge in [0.1, 0.15) is 5.82 Å². The third-order valence-electron chi connectivity index (χ3n) is 5.20. The van der Waals surface area contributed by atoms with Gasteiger partial charge in [0.25, 0.3) is 0 Å². The maximum absolute atomic E-state index is 12.3. The molecule has 1 N–H and O–H groups in total. The maximum atomic E-state index is 12.3. The minimum atomic E-state index is 0.00567. The summed E-state index contributed by atoms with van der Waals surface area (Å²) in [7, 11) is 2.07. The lowest BCUT2D eigenvalue weighted by Crippen LogP contribution is -2.48. The minimum absolute atomic E-state index is 0.00567. The molecule has 0 saturated carbocycles. The molecule has 1 aliphatic heterocycles. The Hall–Kier alpha value is -2.41. The van der Waals surface area contributed by atoms with Crippen LogP contribution in [-0.2, 0) is 18.4 Å². The van der Waals surface area contributed by atoms with Crippen molar-refractivity contribution in [2.75, 3.05) is 38.0 Å². The van der Waals surface area contributed by atoms with Gasteiger partial charge in [-0.2, -0.15) is 0 Å². The van der Waals surface area contributed by atoms with Gasteiger partial charge >= 0.3 is 0 Å². The molecular weight excluding hydrogens is 374 g/mol. The average Bonchev–Trinajstić information content (AvgIpc) is 3.01. The molecule has 1 aliphatic rings. The fourth-order valence-electron chi connectivity index (χ4n) is 3.58. The topological polar surface area (TPSA) is 53.4 Å². The number of nitrogens with one attached hydrogen (secondary N) is 1. The summed E-state index contributed by atoms with van der Waals surface area (Å²) >= 11 is 5.88. The molecule has 2 heterocycles. The summed E-state index contributed by atoms with van der Waals surface area (Å²) < 4.78 is 2.17. The molecule has 2 aromatic carbocycles. The van der Waals surface area contributed by atoms with E-state index in [-0.39, 0.29) is 5.91 Å². The van der Waals surface area contributed by atoms with Crippen LogP contribution in [0.15, 0.2) is 48.5 Å². The van der Waals surface area contributed by atoms with Gasteiger partial charge in [-0.25, -0.2) is 4.98 Å². The van der Waals surface area contributed by atoms with Crippen LogP contribution < -0.4 is 5.32 Å². The normalized spacial score (nSPS) is 15.8. The van der Waals surface area contributed by atoms with Crippen molar-refractivity contribution in [2.24, 2.45) is 7.05 Å². The van der Waals surface area contributed by atoms with E-state index in [0.717, 1.165) is 55.3 Å². The number of para-hydroxylation sites is 2. The number of aromatic nitrogens is 2. The molecule has 3 aromatic rings. The van der Waals surface area contributed by atoms with E-state index < -0.39 is 0 Å². The number of rotatable bonds is 5. The van der Waals surface area contributed by atoms with E-state index >= 15 is 0 Å². The van der Waals surface area contributed by atoms with Crippen LogP contribution in [0, 0.1) is 0 Å². The van der Waals surface area contributed by atoms with E-state index in [1.165, 1.54) is 0 Å². The number of benzene rings is 2. The van der Waals surface area contributed by atoms with Crippen molar-refractivity contribution in [1.82, 2.24) is 19.4 Å². The molecule has 146 valence electrons. The zero-order chi connectivity index (χ0) is 19.5. The molecule has 1 saturated heterocycles. The Morgan fingerprint density at radius 1 is 1.04 bits per heavy atom. The second-order valence-corrected chi connectivity index (χ2v) is 7.62. The van der Waals surface area contributed by atoms with E-state index in [9.17, 15) is 4.79 Å². The van der Waals surface area contributed by atoms with Crippen molar-refractivity contribution in [1.29, 1.82) is 0 Å². The monoisotopic (exact) mass is 397 g/mol. The van der Waals surface area contributed by atoms with E-state index in [0.29, 0.717) is 11.6 Å². The van der Waals surface area contributed by atoms with Crippen LogP contribution in [-0.4, -0.2) is 58.0 Å². The molecule has 0 aliphatic carbocycles. The number of fused-ring (bicyclic) bond motifs is 1. The molecule has 7 heteroatoms. The number of nitrogens with zero attached hydrogens (tertiary/aromatic N) is 4. The maximum Gasteiger partial charge on any atom is 0.238 e. The molecule has 0 radical (unpaired) electrons. The van der Waals surface area contributed by atoms with Gasteiger partial charge in [-0.3, -0.25) is 14.6 Å². The number of carbonyl (C=O) groups is 1. The molecule has 1 aromatic heterocycles. The van der Waals surface area contributed by atoms with E-state index in [2.05, 4.69) is 38.9 Å². The Morgan fingerprint density at radius 2 is 1.71 bits per heavy atom. The van der Waals surface area contributed by atoms with Gasteiger partial charge in [0.15, 0.2) is 0 Å². The first-order valence-corrected chi connectivity index (χ1v) is 9.87. The fraction of sp³-hybridized carbons (Fsp3) is 0.333. The summed E-state index contributed by atoms with van der Waals surface area (Å²) in [6.07, 6.45) is 0. The van der Waals surface area contributed by atoms with Gasteiger partial charge in [-0.05, 0) is 36.4 Å². The number of imidazole rings is 1. The van der Waals surface area contributed by atoms with Gasteiger partial charge in [-0.15, -0.1) is 0 Å². The van der Waals surface area contributed by atoms with Crippen molar-refractivity contribution >= 4 is 34.2 Å². The molecule has 0 bridgehead atoms. The number of halogens is 1. The molecule has 4 rings (SSSR count). The highest BCUT2D eigenvalue weighted by Crippen LogP contribution is 2.17. The van der Waals surface area contributed by atoms with Gasteiger partial charge in [-0.1, -0.05) is 23.7 Å². The predicted molar refractivity (Wildman–Crippen MR) is 113 cm³/mol. The lowest BCUT2D eigenvalue weighted by molar-refractivity contribution is -0.117. The summed E-state index contributed by atoms with van der Waals surface area (Å²) in [5.74, 6) is 1.08. The Balaban J connectivity index is 1.27. The number of piperazine rings is 1. The lowest BCUT2D eigenvalue weighted by atomic mass is 10.3. The van der Waals surface area contributed by atoms with Crippen LogP contribution >= 0.6 is 11.6 Å². The minimum Gasteiger partial charge on any atom is -0.330 e. The highest BCUT2D eigenvalue weighted by molar-refractivity contribution is 6.30. The fourth-order valence-corrected chi connectivity index (χ4v) is 3.71. The quantitative estimate of drug-likeness (QED) is 0.719. The largest absolute Gasteiger partial charge is 0.330 e. The summed E-state index contributed by atoms with van der Waals surface area (Å²) in [6, 6.07) is 15.4. The molecule has 0 atom stereocenters. The van der Waals surface area contributed by atoms with E-state index in [1.807, 2.05) is 24.3 Å². The summed E-state index contributed by atoms with van der Waals surface area (Å²) in [6.45, 7) is 4.84. The zero-order valence-electron chi connectivity index (χ0n) is 15.9. The number of amides is 1. The van der Waals surface area contributed by atoms with Crippen LogP contribution in [0.4, 0.5) is 5.69 Å². The molecule has 0 spiro atoms. The van der Waals surface area contributed by atoms with Gasteiger partial charge < -0.3 is 9.88 Å². The van der Waals surface area contributed by atoms with Crippen molar-refractivity contribution in [3.63, 3.8) is 0 Å². The molecular formula is C21H24ClN5O. The number of hydrogen-bond acceptors (Lipinski definition) is 4. The first-order valence-electron chi connectivity index (χ1n) is 9.49. The van der Waals surface area contributed by atoms with Gasteiger partial charge in [0.2, 0.25) is 5.91 Å². The number of carbonyl (C=O) groups excluding carboxylic acids is 1. The van der Waals surface area contributed by atoms with Crippen molar-refractivity contribution in [3.05, 3.63) is 59.4 Å². The highest BCUT2D eigenvalue weighted by Gasteiger charge is 2.20. The van der Waals surface area contributed by atoms with E-state index in [4.69, 9.17) is 16.6 Å². The summed E-state index contributed by atoms with van der Waals surface area (Å²) in [4.78, 5) is 21.6. The number of anilines is 1. The number of hydrogen-bond donors (Lipinski definition) is 1. The molecule has 1 amide bonds. The second kappa shape index (κ2) is 8.31. The molecule has 1 fully saturated rings. The molecule has 0 unspecified atom stereocenters. The first-order chi connectivity index (χ1) is 13.6. The van der Waals surface area contributed by atoms with Crippen molar-refractivity contribution in [2.45, 2.75) is 6.54 Å². The SMILES string of the molecule is Cn1c(CN2CCN(CC(=O)Nc3ccc(Cl)cc3)CC2)nc2ccccc21. The van der Waals surface area contributed by atoms with Crippen molar-refractivity contribution < 1.29 is 4.79 Å². The van der Waals surface area contributed by atoms with Crippen LogP contribution in [0.1, 0.15) is 5.82 Å². The Bertz CT molecular complexity index is 961. The average molecular weight is 398 g/mol. The molecule has 28 heavy (non-hydrogen) atoms. The van der Waals surface area contributed by atoms with Crippen LogP contribution in [0.25, 0.3) is 11.0 Å². The standard InChI is InChI=1S/C21H24ClN5O/c1-25-19-5-3-2-4-18(19)24-20(25)14-26-10-12-27(13-11-26)15-21(28)23-17-8-6-16(22)7-9-17/h2-9H,10-15H2,1H3,(H,23,28). The van der Waals surface area contributed by atoms with Crippen LogP contribution in [0.5, 0.6) is 0 Å². The smallest absolute Gasteiger partial charge is 0.238 e. The first kappa shape index (κ1) is 18.9. The lowest BCUT2D eigenvalue weighted by Gasteiger charge is -2.34. The Kier molecular flexibility index (Phi) is 5.62. The number of aryl methyl sites for hydroxylation is 1. The summed E-state index contributed by atoms with van der Waals surface area (Å²) in [5.41, 5.74) is 2.97. The Labute approximate surface area is 169 Å². The van der Waals surface area contributed by atoms with Crippen LogP contribution in [0.2, 0.25) is 5.02 Å². The summed E-state index contributed by atoms with van der Waals surface area (Å²) in [5, 5.41) is 3.59. The molecule has 6 nitrogen and oxygen atoms in total. The third-order valence-corrected chi connectivity index (χ3v) is 5.46.